The Hall–Kier alpha value is -1.33. The first-order chi connectivity index (χ1) is 5.84. The van der Waals surface area contributed by atoms with Crippen molar-refractivity contribution in [2.45, 2.75) is 0 Å². The second kappa shape index (κ2) is 4.53. The third kappa shape index (κ3) is 2.37. The minimum Gasteiger partial charge on any atom is -0.309 e. The monoisotopic (exact) mass is 163 g/mol. The van der Waals surface area contributed by atoms with Gasteiger partial charge >= 0.3 is 0 Å². The van der Waals surface area contributed by atoms with Crippen molar-refractivity contribution in [3.05, 3.63) is 35.6 Å². The van der Waals surface area contributed by atoms with Gasteiger partial charge in [-0.3, -0.25) is 0 Å². The summed E-state index contributed by atoms with van der Waals surface area (Å²) in [4.78, 5) is 0. The fourth-order valence-electron chi connectivity index (χ4n) is 0.790. The molecule has 0 saturated heterocycles. The standard InChI is InChI=1S/C10H10FN/c1-12-8-4-6-9-5-2-3-7-10(9)11/h2-3,5,7,12H,8H2,1H3. The third-order valence-corrected chi connectivity index (χ3v) is 1.36. The lowest BCUT2D eigenvalue weighted by atomic mass is 10.2. The van der Waals surface area contributed by atoms with Gasteiger partial charge in [0.25, 0.3) is 0 Å². The van der Waals surface area contributed by atoms with Crippen LogP contribution in [0.3, 0.4) is 0 Å². The van der Waals surface area contributed by atoms with Gasteiger partial charge in [-0.15, -0.1) is 0 Å². The van der Waals surface area contributed by atoms with Crippen LogP contribution in [0.2, 0.25) is 0 Å². The van der Waals surface area contributed by atoms with Crippen molar-refractivity contribution in [2.75, 3.05) is 13.6 Å². The van der Waals surface area contributed by atoms with Gasteiger partial charge in [0, 0.05) is 0 Å². The van der Waals surface area contributed by atoms with E-state index in [1.165, 1.54) is 6.07 Å². The second-order valence-corrected chi connectivity index (χ2v) is 2.31. The molecule has 12 heavy (non-hydrogen) atoms. The molecule has 0 aliphatic carbocycles. The molecule has 0 aliphatic rings. The Morgan fingerprint density at radius 2 is 2.17 bits per heavy atom. The molecule has 62 valence electrons. The summed E-state index contributed by atoms with van der Waals surface area (Å²) in [6, 6.07) is 6.49. The normalized spacial score (nSPS) is 8.83. The maximum Gasteiger partial charge on any atom is 0.138 e. The van der Waals surface area contributed by atoms with E-state index in [2.05, 4.69) is 17.2 Å². The number of hydrogen-bond acceptors (Lipinski definition) is 1. The molecule has 0 spiro atoms. The Kier molecular flexibility index (Phi) is 3.31. The summed E-state index contributed by atoms with van der Waals surface area (Å²) in [5, 5.41) is 2.86. The lowest BCUT2D eigenvalue weighted by molar-refractivity contribution is 0.624. The fraction of sp³-hybridized carbons (Fsp3) is 0.200. The van der Waals surface area contributed by atoms with Crippen LogP contribution in [0.4, 0.5) is 4.39 Å². The van der Waals surface area contributed by atoms with Crippen molar-refractivity contribution in [2.24, 2.45) is 0 Å². The number of hydrogen-bond donors (Lipinski definition) is 1. The lowest BCUT2D eigenvalue weighted by Crippen LogP contribution is -2.04. The molecule has 0 saturated carbocycles. The maximum atomic E-state index is 12.9. The molecule has 0 bridgehead atoms. The number of nitrogens with one attached hydrogen (secondary N) is 1. The fourth-order valence-corrected chi connectivity index (χ4v) is 0.790. The van der Waals surface area contributed by atoms with Gasteiger partial charge < -0.3 is 5.32 Å². The molecule has 0 unspecified atom stereocenters. The van der Waals surface area contributed by atoms with Gasteiger partial charge in [0.2, 0.25) is 0 Å². The minimum absolute atomic E-state index is 0.263. The molecule has 0 atom stereocenters. The van der Waals surface area contributed by atoms with Crippen LogP contribution >= 0.6 is 0 Å². The molecular formula is C10H10FN. The molecular weight excluding hydrogens is 153 g/mol. The molecule has 0 amide bonds. The molecule has 0 fully saturated rings. The van der Waals surface area contributed by atoms with Crippen LogP contribution in [0.25, 0.3) is 0 Å². The first kappa shape index (κ1) is 8.76. The second-order valence-electron chi connectivity index (χ2n) is 2.31. The van der Waals surface area contributed by atoms with Crippen molar-refractivity contribution in [1.82, 2.24) is 5.32 Å². The highest BCUT2D eigenvalue weighted by Gasteiger charge is 1.93. The zero-order valence-electron chi connectivity index (χ0n) is 6.89. The predicted molar refractivity (Wildman–Crippen MR) is 47.2 cm³/mol. The van der Waals surface area contributed by atoms with Crippen LogP contribution in [-0.2, 0) is 0 Å². The van der Waals surface area contributed by atoms with Crippen LogP contribution < -0.4 is 5.32 Å². The highest BCUT2D eigenvalue weighted by Crippen LogP contribution is 2.03. The smallest absolute Gasteiger partial charge is 0.138 e. The quantitative estimate of drug-likeness (QED) is 0.617. The Morgan fingerprint density at radius 1 is 1.42 bits per heavy atom. The van der Waals surface area contributed by atoms with Crippen LogP contribution in [0, 0.1) is 17.7 Å². The maximum absolute atomic E-state index is 12.9. The number of halogens is 1. The van der Waals surface area contributed by atoms with Gasteiger partial charge in [0.05, 0.1) is 12.1 Å². The van der Waals surface area contributed by atoms with Crippen molar-refractivity contribution in [1.29, 1.82) is 0 Å². The summed E-state index contributed by atoms with van der Waals surface area (Å²) < 4.78 is 12.9. The van der Waals surface area contributed by atoms with E-state index in [0.717, 1.165) is 0 Å². The average Bonchev–Trinajstić information content (AvgIpc) is 2.09. The minimum atomic E-state index is -0.263. The molecule has 1 nitrogen and oxygen atoms in total. The molecule has 1 N–H and O–H groups in total. The van der Waals surface area contributed by atoms with Gasteiger partial charge in [0.1, 0.15) is 5.82 Å². The highest BCUT2D eigenvalue weighted by atomic mass is 19.1. The van der Waals surface area contributed by atoms with Gasteiger partial charge in [-0.2, -0.15) is 0 Å². The molecule has 2 heteroatoms. The third-order valence-electron chi connectivity index (χ3n) is 1.36. The van der Waals surface area contributed by atoms with Gasteiger partial charge in [0.15, 0.2) is 0 Å². The van der Waals surface area contributed by atoms with Crippen LogP contribution in [0.1, 0.15) is 5.56 Å². The molecule has 0 aromatic heterocycles. The van der Waals surface area contributed by atoms with E-state index in [1.54, 1.807) is 25.2 Å². The van der Waals surface area contributed by atoms with Crippen LogP contribution in [-0.4, -0.2) is 13.6 Å². The zero-order valence-corrected chi connectivity index (χ0v) is 6.89. The first-order valence-corrected chi connectivity index (χ1v) is 3.72. The van der Waals surface area contributed by atoms with Crippen LogP contribution in [0.5, 0.6) is 0 Å². The number of benzene rings is 1. The summed E-state index contributed by atoms with van der Waals surface area (Å²) in [5.41, 5.74) is 0.452. The van der Waals surface area contributed by atoms with E-state index < -0.39 is 0 Å². The average molecular weight is 163 g/mol. The zero-order chi connectivity index (χ0) is 8.81. The Morgan fingerprint density at radius 3 is 2.83 bits per heavy atom. The molecule has 1 aromatic carbocycles. The summed E-state index contributed by atoms with van der Waals surface area (Å²) in [6.45, 7) is 0.578. The van der Waals surface area contributed by atoms with Gasteiger partial charge in [-0.25, -0.2) is 4.39 Å². The molecule has 0 aliphatic heterocycles. The first-order valence-electron chi connectivity index (χ1n) is 3.72. The van der Waals surface area contributed by atoms with Crippen molar-refractivity contribution >= 4 is 0 Å². The number of rotatable bonds is 1. The van der Waals surface area contributed by atoms with Crippen molar-refractivity contribution in [3.63, 3.8) is 0 Å². The van der Waals surface area contributed by atoms with E-state index >= 15 is 0 Å². The molecule has 1 rings (SSSR count). The Bertz CT molecular complexity index is 309. The van der Waals surface area contributed by atoms with E-state index in [9.17, 15) is 4.39 Å². The summed E-state index contributed by atoms with van der Waals surface area (Å²) in [6.07, 6.45) is 0. The molecule has 1 aromatic rings. The summed E-state index contributed by atoms with van der Waals surface area (Å²) >= 11 is 0. The summed E-state index contributed by atoms with van der Waals surface area (Å²) in [7, 11) is 1.80. The van der Waals surface area contributed by atoms with E-state index in [0.29, 0.717) is 12.1 Å². The van der Waals surface area contributed by atoms with Crippen molar-refractivity contribution in [3.8, 4) is 11.8 Å². The largest absolute Gasteiger partial charge is 0.309 e. The molecule has 0 heterocycles. The van der Waals surface area contributed by atoms with E-state index in [-0.39, 0.29) is 5.82 Å². The van der Waals surface area contributed by atoms with E-state index in [1.807, 2.05) is 0 Å². The summed E-state index contributed by atoms with van der Waals surface area (Å²) in [5.74, 6) is 5.25. The Balaban J connectivity index is 2.77. The van der Waals surface area contributed by atoms with Crippen LogP contribution in [0.15, 0.2) is 24.3 Å². The lowest BCUT2D eigenvalue weighted by Gasteiger charge is -1.90. The van der Waals surface area contributed by atoms with Gasteiger partial charge in [-0.05, 0) is 19.2 Å². The Labute approximate surface area is 71.6 Å². The predicted octanol–water partition coefficient (Wildman–Crippen LogP) is 1.40. The van der Waals surface area contributed by atoms with Crippen molar-refractivity contribution < 1.29 is 4.39 Å². The highest BCUT2D eigenvalue weighted by molar-refractivity contribution is 5.35. The molecule has 0 radical (unpaired) electrons. The van der Waals surface area contributed by atoms with E-state index in [4.69, 9.17) is 0 Å². The topological polar surface area (TPSA) is 12.0 Å². The SMILES string of the molecule is CNCC#Cc1ccccc1F. The van der Waals surface area contributed by atoms with Gasteiger partial charge in [-0.1, -0.05) is 24.0 Å².